The van der Waals surface area contributed by atoms with E-state index in [1.807, 2.05) is 19.1 Å². The highest BCUT2D eigenvalue weighted by Crippen LogP contribution is 2.28. The number of nitrogens with one attached hydrogen (secondary N) is 1. The highest BCUT2D eigenvalue weighted by Gasteiger charge is 2.25. The Morgan fingerprint density at radius 1 is 1.15 bits per heavy atom. The van der Waals surface area contributed by atoms with E-state index in [1.54, 1.807) is 12.1 Å². The molecule has 0 aliphatic heterocycles. The monoisotopic (exact) mass is 295 g/mol. The van der Waals surface area contributed by atoms with Crippen molar-refractivity contribution in [2.45, 2.75) is 63.3 Å². The van der Waals surface area contributed by atoms with Crippen LogP contribution in [0.25, 0.3) is 0 Å². The third kappa shape index (κ3) is 3.83. The van der Waals surface area contributed by atoms with Crippen LogP contribution in [0.15, 0.2) is 29.2 Å². The predicted molar refractivity (Wildman–Crippen MR) is 82.2 cm³/mol. The lowest BCUT2D eigenvalue weighted by molar-refractivity contribution is 0.297. The lowest BCUT2D eigenvalue weighted by Gasteiger charge is -2.28. The van der Waals surface area contributed by atoms with Gasteiger partial charge in [-0.1, -0.05) is 38.0 Å². The van der Waals surface area contributed by atoms with Gasteiger partial charge >= 0.3 is 0 Å². The van der Waals surface area contributed by atoms with Crippen LogP contribution in [0.3, 0.4) is 0 Å². The summed E-state index contributed by atoms with van der Waals surface area (Å²) in [6.07, 6.45) is 6.73. The van der Waals surface area contributed by atoms with Crippen LogP contribution in [0.4, 0.5) is 0 Å². The van der Waals surface area contributed by atoms with Gasteiger partial charge in [-0.25, -0.2) is 13.1 Å². The van der Waals surface area contributed by atoms with Gasteiger partial charge in [0.1, 0.15) is 0 Å². The lowest BCUT2D eigenvalue weighted by Crippen LogP contribution is -2.37. The fraction of sp³-hybridized carbons (Fsp3) is 0.625. The largest absolute Gasteiger partial charge is 0.241 e. The Balaban J connectivity index is 1.99. The van der Waals surface area contributed by atoms with Gasteiger partial charge < -0.3 is 0 Å². The van der Waals surface area contributed by atoms with Crippen molar-refractivity contribution in [2.24, 2.45) is 5.92 Å². The molecule has 1 N–H and O–H groups in total. The summed E-state index contributed by atoms with van der Waals surface area (Å²) in [6.45, 7) is 4.06. The average molecular weight is 295 g/mol. The van der Waals surface area contributed by atoms with Crippen molar-refractivity contribution in [3.8, 4) is 0 Å². The Morgan fingerprint density at radius 3 is 2.40 bits per heavy atom. The highest BCUT2D eigenvalue weighted by molar-refractivity contribution is 7.89. The summed E-state index contributed by atoms with van der Waals surface area (Å²) < 4.78 is 27.7. The van der Waals surface area contributed by atoms with Crippen LogP contribution in [-0.4, -0.2) is 14.5 Å². The van der Waals surface area contributed by atoms with Crippen molar-refractivity contribution in [1.29, 1.82) is 0 Å². The molecule has 0 atom stereocenters. The van der Waals surface area contributed by atoms with Crippen LogP contribution in [0.1, 0.15) is 51.0 Å². The Labute approximate surface area is 122 Å². The Morgan fingerprint density at radius 2 is 1.80 bits per heavy atom. The molecule has 0 bridgehead atoms. The van der Waals surface area contributed by atoms with Crippen LogP contribution in [-0.2, 0) is 10.0 Å². The summed E-state index contributed by atoms with van der Waals surface area (Å²) in [5.41, 5.74) is 0.805. The minimum atomic E-state index is -3.37. The molecule has 3 nitrogen and oxygen atoms in total. The molecule has 112 valence electrons. The Bertz CT molecular complexity index is 531. The zero-order chi connectivity index (χ0) is 14.6. The molecule has 1 saturated carbocycles. The van der Waals surface area contributed by atoms with Gasteiger partial charge in [-0.15, -0.1) is 0 Å². The van der Waals surface area contributed by atoms with Gasteiger partial charge in [0.05, 0.1) is 4.90 Å². The quantitative estimate of drug-likeness (QED) is 0.901. The first-order valence-corrected chi connectivity index (χ1v) is 9.09. The molecule has 0 spiro atoms. The second kappa shape index (κ2) is 6.72. The van der Waals surface area contributed by atoms with Crippen molar-refractivity contribution in [1.82, 2.24) is 4.72 Å². The molecule has 0 unspecified atom stereocenters. The fourth-order valence-electron chi connectivity index (χ4n) is 3.12. The number of sulfonamides is 1. The maximum atomic E-state index is 12.4. The second-order valence-electron chi connectivity index (χ2n) is 5.89. The minimum Gasteiger partial charge on any atom is -0.208 e. The minimum absolute atomic E-state index is 0.104. The molecule has 0 amide bonds. The van der Waals surface area contributed by atoms with Crippen LogP contribution in [0.2, 0.25) is 0 Å². The molecule has 1 aliphatic carbocycles. The smallest absolute Gasteiger partial charge is 0.208 e. The summed E-state index contributed by atoms with van der Waals surface area (Å²) in [4.78, 5) is 0.413. The zero-order valence-electron chi connectivity index (χ0n) is 12.4. The molecule has 1 aliphatic rings. The number of rotatable bonds is 5. The molecule has 1 fully saturated rings. The normalized spacial score (nSPS) is 23.7. The van der Waals surface area contributed by atoms with Gasteiger partial charge in [0, 0.05) is 6.04 Å². The zero-order valence-corrected chi connectivity index (χ0v) is 13.2. The van der Waals surface area contributed by atoms with E-state index >= 15 is 0 Å². The van der Waals surface area contributed by atoms with E-state index in [2.05, 4.69) is 11.6 Å². The maximum Gasteiger partial charge on any atom is 0.241 e. The summed E-state index contributed by atoms with van der Waals surface area (Å²) in [5, 5.41) is 0. The first-order chi connectivity index (χ1) is 9.53. The van der Waals surface area contributed by atoms with E-state index in [0.717, 1.165) is 37.2 Å². The van der Waals surface area contributed by atoms with Crippen molar-refractivity contribution < 1.29 is 8.42 Å². The number of benzene rings is 1. The summed E-state index contributed by atoms with van der Waals surface area (Å²) in [7, 11) is -3.37. The molecule has 1 aromatic rings. The van der Waals surface area contributed by atoms with Crippen LogP contribution < -0.4 is 4.72 Å². The van der Waals surface area contributed by atoms with Crippen molar-refractivity contribution in [2.75, 3.05) is 0 Å². The van der Waals surface area contributed by atoms with E-state index < -0.39 is 10.0 Å². The lowest BCUT2D eigenvalue weighted by atomic mass is 9.84. The SMILES string of the molecule is CCCC1CCC(NS(=O)(=O)c2ccccc2C)CC1. The molecule has 0 saturated heterocycles. The molecule has 0 aromatic heterocycles. The predicted octanol–water partition coefficient (Wildman–Crippen LogP) is 3.63. The van der Waals surface area contributed by atoms with Gasteiger partial charge in [-0.3, -0.25) is 0 Å². The first-order valence-electron chi connectivity index (χ1n) is 7.61. The number of aryl methyl sites for hydroxylation is 1. The van der Waals surface area contributed by atoms with Crippen molar-refractivity contribution in [3.63, 3.8) is 0 Å². The molecule has 1 aromatic carbocycles. The molecule has 2 rings (SSSR count). The standard InChI is InChI=1S/C16H25NO2S/c1-3-6-14-9-11-15(12-10-14)17-20(18,19)16-8-5-4-7-13(16)2/h4-5,7-8,14-15,17H,3,6,9-12H2,1-2H3. The fourth-order valence-corrected chi connectivity index (χ4v) is 4.67. The summed E-state index contributed by atoms with van der Waals surface area (Å²) >= 11 is 0. The second-order valence-corrected chi connectivity index (χ2v) is 7.58. The maximum absolute atomic E-state index is 12.4. The van der Waals surface area contributed by atoms with Crippen LogP contribution in [0.5, 0.6) is 0 Å². The Hall–Kier alpha value is -0.870. The van der Waals surface area contributed by atoms with Gasteiger partial charge in [0.15, 0.2) is 0 Å². The third-order valence-electron chi connectivity index (χ3n) is 4.25. The van der Waals surface area contributed by atoms with Crippen LogP contribution >= 0.6 is 0 Å². The van der Waals surface area contributed by atoms with Gasteiger partial charge in [0.2, 0.25) is 10.0 Å². The number of hydrogen-bond donors (Lipinski definition) is 1. The average Bonchev–Trinajstić information content (AvgIpc) is 2.41. The van der Waals surface area contributed by atoms with Gasteiger partial charge in [-0.05, 0) is 50.2 Å². The van der Waals surface area contributed by atoms with Crippen LogP contribution in [0, 0.1) is 12.8 Å². The van der Waals surface area contributed by atoms with E-state index in [-0.39, 0.29) is 6.04 Å². The molecular weight excluding hydrogens is 270 g/mol. The number of hydrogen-bond acceptors (Lipinski definition) is 2. The van der Waals surface area contributed by atoms with E-state index in [0.29, 0.717) is 4.90 Å². The van der Waals surface area contributed by atoms with Crippen molar-refractivity contribution in [3.05, 3.63) is 29.8 Å². The molecule has 0 heterocycles. The molecule has 4 heteroatoms. The molecular formula is C16H25NO2S. The topological polar surface area (TPSA) is 46.2 Å². The molecule has 20 heavy (non-hydrogen) atoms. The Kier molecular flexibility index (Phi) is 5.22. The summed E-state index contributed by atoms with van der Waals surface area (Å²) in [5.74, 6) is 0.791. The van der Waals surface area contributed by atoms with E-state index in [1.165, 1.54) is 12.8 Å². The van der Waals surface area contributed by atoms with E-state index in [9.17, 15) is 8.42 Å². The highest BCUT2D eigenvalue weighted by atomic mass is 32.2. The first kappa shape index (κ1) is 15.5. The molecule has 0 radical (unpaired) electrons. The summed E-state index contributed by atoms with van der Waals surface area (Å²) in [6, 6.07) is 7.27. The van der Waals surface area contributed by atoms with Gasteiger partial charge in [0.25, 0.3) is 0 Å². The van der Waals surface area contributed by atoms with Gasteiger partial charge in [-0.2, -0.15) is 0 Å². The van der Waals surface area contributed by atoms with Crippen molar-refractivity contribution >= 4 is 10.0 Å². The third-order valence-corrected chi connectivity index (χ3v) is 5.93. The van der Waals surface area contributed by atoms with E-state index in [4.69, 9.17) is 0 Å².